The van der Waals surface area contributed by atoms with E-state index in [1.54, 1.807) is 11.3 Å². The summed E-state index contributed by atoms with van der Waals surface area (Å²) in [7, 11) is 0. The first-order chi connectivity index (χ1) is 9.68. The number of aliphatic hydroxyl groups is 1. The number of aromatic nitrogens is 1. The Hall–Kier alpha value is -1.19. The molecule has 0 aliphatic heterocycles. The van der Waals surface area contributed by atoms with E-state index in [4.69, 9.17) is 0 Å². The van der Waals surface area contributed by atoms with Crippen LogP contribution in [0, 0.1) is 20.8 Å². The van der Waals surface area contributed by atoms with E-state index in [2.05, 4.69) is 64.0 Å². The Balaban J connectivity index is 2.22. The van der Waals surface area contributed by atoms with Gasteiger partial charge in [-0.25, -0.2) is 4.98 Å². The lowest BCUT2D eigenvalue weighted by Gasteiger charge is -2.17. The molecule has 0 aliphatic carbocycles. The SMILES string of the molecule is Cc1cc(C)c(C(O)Cc2nc(C(C)(C)C)cs2)c(C)c1. The Kier molecular flexibility index (Phi) is 4.54. The summed E-state index contributed by atoms with van der Waals surface area (Å²) in [6.07, 6.45) is 0.107. The summed E-state index contributed by atoms with van der Waals surface area (Å²) >= 11 is 1.64. The molecule has 1 unspecified atom stereocenters. The van der Waals surface area contributed by atoms with Gasteiger partial charge < -0.3 is 5.11 Å². The van der Waals surface area contributed by atoms with E-state index in [1.807, 2.05) is 0 Å². The van der Waals surface area contributed by atoms with Gasteiger partial charge in [0.1, 0.15) is 0 Å². The molecule has 3 heteroatoms. The van der Waals surface area contributed by atoms with Crippen LogP contribution in [0.4, 0.5) is 0 Å². The standard InChI is InChI=1S/C18H25NOS/c1-11-7-12(2)17(13(3)8-11)14(20)9-16-19-15(10-21-16)18(4,5)6/h7-8,10,14,20H,9H2,1-6H3. The average Bonchev–Trinajstić information content (AvgIpc) is 2.75. The molecule has 0 aliphatic rings. The fourth-order valence-corrected chi connectivity index (χ4v) is 3.79. The van der Waals surface area contributed by atoms with Crippen molar-refractivity contribution in [3.63, 3.8) is 0 Å². The van der Waals surface area contributed by atoms with E-state index in [0.717, 1.165) is 27.4 Å². The Morgan fingerprint density at radius 2 is 1.71 bits per heavy atom. The van der Waals surface area contributed by atoms with Crippen molar-refractivity contribution in [1.29, 1.82) is 0 Å². The lowest BCUT2D eigenvalue weighted by atomic mass is 9.93. The van der Waals surface area contributed by atoms with Crippen LogP contribution in [-0.4, -0.2) is 10.1 Å². The maximum absolute atomic E-state index is 10.6. The van der Waals surface area contributed by atoms with E-state index in [0.29, 0.717) is 6.42 Å². The molecule has 0 spiro atoms. The molecule has 2 nitrogen and oxygen atoms in total. The molecule has 114 valence electrons. The van der Waals surface area contributed by atoms with Crippen molar-refractivity contribution in [2.45, 2.75) is 59.5 Å². The van der Waals surface area contributed by atoms with E-state index < -0.39 is 6.10 Å². The minimum Gasteiger partial charge on any atom is -0.388 e. The molecule has 1 N–H and O–H groups in total. The Labute approximate surface area is 131 Å². The summed E-state index contributed by atoms with van der Waals surface area (Å²) in [5, 5.41) is 13.7. The van der Waals surface area contributed by atoms with Gasteiger partial charge in [0, 0.05) is 17.2 Å². The highest BCUT2D eigenvalue weighted by Crippen LogP contribution is 2.29. The molecule has 0 amide bonds. The molecule has 0 fully saturated rings. The first-order valence-electron chi connectivity index (χ1n) is 7.39. The van der Waals surface area contributed by atoms with Gasteiger partial charge in [-0.2, -0.15) is 0 Å². The van der Waals surface area contributed by atoms with Crippen molar-refractivity contribution >= 4 is 11.3 Å². The van der Waals surface area contributed by atoms with Gasteiger partial charge >= 0.3 is 0 Å². The van der Waals surface area contributed by atoms with Crippen LogP contribution in [0.25, 0.3) is 0 Å². The quantitative estimate of drug-likeness (QED) is 0.896. The first kappa shape index (κ1) is 16.2. The molecular formula is C18H25NOS. The molecule has 1 aromatic heterocycles. The smallest absolute Gasteiger partial charge is 0.0957 e. The van der Waals surface area contributed by atoms with Crippen molar-refractivity contribution in [2.75, 3.05) is 0 Å². The molecule has 0 saturated heterocycles. The Bertz CT molecular complexity index is 614. The number of hydrogen-bond acceptors (Lipinski definition) is 3. The zero-order valence-electron chi connectivity index (χ0n) is 13.8. The third-order valence-electron chi connectivity index (χ3n) is 3.76. The molecule has 2 rings (SSSR count). The second-order valence-electron chi connectivity index (χ2n) is 6.91. The molecule has 0 bridgehead atoms. The number of hydrogen-bond donors (Lipinski definition) is 1. The molecule has 1 aromatic carbocycles. The summed E-state index contributed by atoms with van der Waals surface area (Å²) in [5.74, 6) is 0. The van der Waals surface area contributed by atoms with Gasteiger partial charge in [0.2, 0.25) is 0 Å². The molecular weight excluding hydrogens is 278 g/mol. The third-order valence-corrected chi connectivity index (χ3v) is 4.63. The molecule has 21 heavy (non-hydrogen) atoms. The fourth-order valence-electron chi connectivity index (χ4n) is 2.73. The van der Waals surface area contributed by atoms with Gasteiger partial charge in [-0.3, -0.25) is 0 Å². The van der Waals surface area contributed by atoms with Crippen LogP contribution in [0.2, 0.25) is 0 Å². The highest BCUT2D eigenvalue weighted by Gasteiger charge is 2.20. The monoisotopic (exact) mass is 303 g/mol. The largest absolute Gasteiger partial charge is 0.388 e. The lowest BCUT2D eigenvalue weighted by Crippen LogP contribution is -2.12. The van der Waals surface area contributed by atoms with Gasteiger partial charge in [0.15, 0.2) is 0 Å². The third kappa shape index (κ3) is 3.72. The maximum atomic E-state index is 10.6. The number of aliphatic hydroxyl groups excluding tert-OH is 1. The maximum Gasteiger partial charge on any atom is 0.0957 e. The number of thiazole rings is 1. The molecule has 0 saturated carbocycles. The Morgan fingerprint density at radius 3 is 2.19 bits per heavy atom. The second-order valence-corrected chi connectivity index (χ2v) is 7.85. The topological polar surface area (TPSA) is 33.1 Å². The van der Waals surface area contributed by atoms with Gasteiger partial charge in [-0.1, -0.05) is 38.5 Å². The van der Waals surface area contributed by atoms with E-state index in [9.17, 15) is 5.11 Å². The number of aryl methyl sites for hydroxylation is 3. The van der Waals surface area contributed by atoms with Crippen LogP contribution < -0.4 is 0 Å². The van der Waals surface area contributed by atoms with Gasteiger partial charge in [-0.05, 0) is 37.5 Å². The zero-order chi connectivity index (χ0) is 15.8. The summed E-state index contributed by atoms with van der Waals surface area (Å²) < 4.78 is 0. The molecule has 0 radical (unpaired) electrons. The molecule has 1 atom stereocenters. The van der Waals surface area contributed by atoms with Crippen LogP contribution >= 0.6 is 11.3 Å². The minimum absolute atomic E-state index is 0.0649. The van der Waals surface area contributed by atoms with Crippen molar-refractivity contribution < 1.29 is 5.11 Å². The highest BCUT2D eigenvalue weighted by atomic mass is 32.1. The van der Waals surface area contributed by atoms with E-state index in [-0.39, 0.29) is 5.41 Å². The zero-order valence-corrected chi connectivity index (χ0v) is 14.6. The minimum atomic E-state index is -0.482. The van der Waals surface area contributed by atoms with Gasteiger partial charge in [0.25, 0.3) is 0 Å². The fraction of sp³-hybridized carbons (Fsp3) is 0.500. The van der Waals surface area contributed by atoms with Crippen molar-refractivity contribution in [3.05, 3.63) is 50.5 Å². The van der Waals surface area contributed by atoms with Crippen molar-refractivity contribution in [1.82, 2.24) is 4.98 Å². The van der Waals surface area contributed by atoms with E-state index in [1.165, 1.54) is 5.56 Å². The first-order valence-corrected chi connectivity index (χ1v) is 8.27. The Morgan fingerprint density at radius 1 is 1.14 bits per heavy atom. The summed E-state index contributed by atoms with van der Waals surface area (Å²) in [4.78, 5) is 4.68. The number of nitrogens with zero attached hydrogens (tertiary/aromatic N) is 1. The molecule has 1 heterocycles. The second kappa shape index (κ2) is 5.90. The summed E-state index contributed by atoms with van der Waals surface area (Å²) in [5.41, 5.74) is 5.78. The summed E-state index contributed by atoms with van der Waals surface area (Å²) in [6.45, 7) is 12.7. The number of rotatable bonds is 3. The van der Waals surface area contributed by atoms with Crippen LogP contribution in [0.5, 0.6) is 0 Å². The van der Waals surface area contributed by atoms with E-state index >= 15 is 0 Å². The van der Waals surface area contributed by atoms with Gasteiger partial charge in [0.05, 0.1) is 16.8 Å². The predicted octanol–water partition coefficient (Wildman–Crippen LogP) is 4.64. The number of benzene rings is 1. The van der Waals surface area contributed by atoms with Crippen LogP contribution in [0.15, 0.2) is 17.5 Å². The van der Waals surface area contributed by atoms with Crippen molar-refractivity contribution in [3.8, 4) is 0 Å². The normalized spacial score (nSPS) is 13.5. The van der Waals surface area contributed by atoms with Crippen LogP contribution in [0.3, 0.4) is 0 Å². The van der Waals surface area contributed by atoms with Crippen LogP contribution in [-0.2, 0) is 11.8 Å². The lowest BCUT2D eigenvalue weighted by molar-refractivity contribution is 0.177. The van der Waals surface area contributed by atoms with Crippen molar-refractivity contribution in [2.24, 2.45) is 0 Å². The van der Waals surface area contributed by atoms with Crippen LogP contribution in [0.1, 0.15) is 59.8 Å². The average molecular weight is 303 g/mol. The molecule has 2 aromatic rings. The highest BCUT2D eigenvalue weighted by molar-refractivity contribution is 7.09. The predicted molar refractivity (Wildman–Crippen MR) is 90.1 cm³/mol. The van der Waals surface area contributed by atoms with Gasteiger partial charge in [-0.15, -0.1) is 11.3 Å². The summed E-state index contributed by atoms with van der Waals surface area (Å²) in [6, 6.07) is 4.27.